The molecule has 3 aromatic rings. The number of unbranched alkanes of at least 4 members (excludes halogenated alkanes) is 2. The van der Waals surface area contributed by atoms with Gasteiger partial charge in [-0.1, -0.05) is 111 Å². The van der Waals surface area contributed by atoms with E-state index >= 15 is 0 Å². The Bertz CT molecular complexity index is 970. The minimum absolute atomic E-state index is 0.109. The van der Waals surface area contributed by atoms with E-state index in [-0.39, 0.29) is 12.4 Å². The Kier molecular flexibility index (Phi) is 8.64. The first-order valence-electron chi connectivity index (χ1n) is 11.3. The third kappa shape index (κ3) is 4.95. The molecule has 0 unspecified atom stereocenters. The van der Waals surface area contributed by atoms with Crippen LogP contribution in [0.25, 0.3) is 0 Å². The van der Waals surface area contributed by atoms with Crippen molar-refractivity contribution in [3.63, 3.8) is 0 Å². The minimum Gasteiger partial charge on any atom is -0.462 e. The summed E-state index contributed by atoms with van der Waals surface area (Å²) in [6.07, 6.45) is 3.07. The molecule has 0 saturated heterocycles. The lowest BCUT2D eigenvalue weighted by Crippen LogP contribution is -2.38. The molecule has 0 bridgehead atoms. The number of benzene rings is 3. The monoisotopic (exact) mass is 446 g/mol. The average Bonchev–Trinajstić information content (AvgIpc) is 2.84. The van der Waals surface area contributed by atoms with Crippen molar-refractivity contribution in [2.24, 2.45) is 0 Å². The van der Waals surface area contributed by atoms with Crippen molar-refractivity contribution in [3.05, 3.63) is 91.0 Å². The second-order valence-corrected chi connectivity index (χ2v) is 11.0. The van der Waals surface area contributed by atoms with Crippen LogP contribution < -0.4 is 15.9 Å². The van der Waals surface area contributed by atoms with Gasteiger partial charge in [0.05, 0.1) is 6.61 Å². The molecule has 0 amide bonds. The van der Waals surface area contributed by atoms with E-state index in [0.717, 1.165) is 35.2 Å². The summed E-state index contributed by atoms with van der Waals surface area (Å²) < 4.78 is 5.53. The SMILES string of the molecule is CCCCCC(=O)C(C(=O)OCC)=P(c1ccccc1)(c1ccccc1)c1ccccc1. The number of esters is 1. The molecule has 166 valence electrons. The Morgan fingerprint density at radius 3 is 1.50 bits per heavy atom. The molecular formula is C28H31O3P. The van der Waals surface area contributed by atoms with Gasteiger partial charge >= 0.3 is 5.97 Å². The first kappa shape index (κ1) is 23.8. The number of rotatable bonds is 10. The molecule has 3 nitrogen and oxygen atoms in total. The van der Waals surface area contributed by atoms with Gasteiger partial charge in [0.1, 0.15) is 5.29 Å². The molecule has 3 aromatic carbocycles. The van der Waals surface area contributed by atoms with Crippen molar-refractivity contribution >= 4 is 39.8 Å². The van der Waals surface area contributed by atoms with Crippen LogP contribution in [0.1, 0.15) is 39.5 Å². The quantitative estimate of drug-likeness (QED) is 0.193. The van der Waals surface area contributed by atoms with Crippen LogP contribution in [0.4, 0.5) is 0 Å². The predicted octanol–water partition coefficient (Wildman–Crippen LogP) is 4.87. The van der Waals surface area contributed by atoms with E-state index in [1.807, 2.05) is 91.0 Å². The van der Waals surface area contributed by atoms with Crippen LogP contribution in [0, 0.1) is 0 Å². The van der Waals surface area contributed by atoms with E-state index < -0.39 is 12.9 Å². The molecule has 0 fully saturated rings. The largest absolute Gasteiger partial charge is 0.462 e. The molecule has 0 radical (unpaired) electrons. The third-order valence-electron chi connectivity index (χ3n) is 5.51. The van der Waals surface area contributed by atoms with Crippen molar-refractivity contribution in [1.29, 1.82) is 0 Å². The smallest absolute Gasteiger partial charge is 0.342 e. The van der Waals surface area contributed by atoms with Crippen LogP contribution in [-0.2, 0) is 14.3 Å². The van der Waals surface area contributed by atoms with E-state index in [4.69, 9.17) is 4.74 Å². The number of hydrogen-bond donors (Lipinski definition) is 0. The van der Waals surface area contributed by atoms with Crippen LogP contribution >= 0.6 is 6.89 Å². The number of carbonyl (C=O) groups is 2. The number of ether oxygens (including phenoxy) is 1. The average molecular weight is 447 g/mol. The highest BCUT2D eigenvalue weighted by Gasteiger charge is 2.37. The molecule has 0 N–H and O–H groups in total. The zero-order valence-electron chi connectivity index (χ0n) is 18.9. The maximum atomic E-state index is 13.8. The van der Waals surface area contributed by atoms with Crippen LogP contribution in [-0.4, -0.2) is 23.7 Å². The summed E-state index contributed by atoms with van der Waals surface area (Å²) in [7, 11) is 0. The summed E-state index contributed by atoms with van der Waals surface area (Å²) in [6, 6.07) is 29.9. The molecule has 0 aliphatic heterocycles. The summed E-state index contributed by atoms with van der Waals surface area (Å²) in [5.41, 5.74) is 0. The second kappa shape index (κ2) is 11.6. The molecule has 0 saturated carbocycles. The van der Waals surface area contributed by atoms with Crippen LogP contribution in [0.15, 0.2) is 91.0 Å². The summed E-state index contributed by atoms with van der Waals surface area (Å²) in [6.45, 7) is 1.35. The Balaban J connectivity index is 2.50. The zero-order valence-corrected chi connectivity index (χ0v) is 19.8. The van der Waals surface area contributed by atoms with E-state index in [2.05, 4.69) is 6.92 Å². The molecule has 0 atom stereocenters. The summed E-state index contributed by atoms with van der Waals surface area (Å²) in [4.78, 5) is 27.3. The fraction of sp³-hybridized carbons (Fsp3) is 0.250. The second-order valence-electron chi connectivity index (χ2n) is 7.63. The van der Waals surface area contributed by atoms with Gasteiger partial charge in [0.15, 0.2) is 5.78 Å². The summed E-state index contributed by atoms with van der Waals surface area (Å²) >= 11 is 0. The highest BCUT2D eigenvalue weighted by Crippen LogP contribution is 2.46. The summed E-state index contributed by atoms with van der Waals surface area (Å²) in [5, 5.41) is 3.22. The van der Waals surface area contributed by atoms with E-state index in [1.54, 1.807) is 6.92 Å². The lowest BCUT2D eigenvalue weighted by molar-refractivity contribution is -0.135. The first-order chi connectivity index (χ1) is 15.7. The highest BCUT2D eigenvalue weighted by atomic mass is 31.2. The first-order valence-corrected chi connectivity index (χ1v) is 13.1. The standard InChI is InChI=1S/C28H31O3P/c1-3-5-9-22-26(29)27(28(30)31-4-2)32(23-16-10-6-11-17-23,24-18-12-7-13-19-24)25-20-14-8-15-21-25/h6-8,10-21H,3-5,9,22H2,1-2H3. The zero-order chi connectivity index (χ0) is 22.8. The third-order valence-corrected chi connectivity index (χ3v) is 9.83. The lowest BCUT2D eigenvalue weighted by atomic mass is 10.1. The molecule has 4 heteroatoms. The van der Waals surface area contributed by atoms with Crippen molar-refractivity contribution in [2.45, 2.75) is 39.5 Å². The number of Topliss-reactive ketones (excluding diaryl/α,β-unsaturated/α-hetero) is 1. The van der Waals surface area contributed by atoms with Gasteiger partial charge in [-0.05, 0) is 36.1 Å². The number of ketones is 1. The number of hydrogen-bond acceptors (Lipinski definition) is 3. The fourth-order valence-corrected chi connectivity index (χ4v) is 8.43. The Labute approximate surface area is 191 Å². The lowest BCUT2D eigenvalue weighted by Gasteiger charge is -2.31. The molecule has 32 heavy (non-hydrogen) atoms. The van der Waals surface area contributed by atoms with Crippen molar-refractivity contribution in [1.82, 2.24) is 0 Å². The van der Waals surface area contributed by atoms with Gasteiger partial charge in [-0.15, -0.1) is 0 Å². The molecule has 3 rings (SSSR count). The Morgan fingerprint density at radius 1 is 0.688 bits per heavy atom. The van der Waals surface area contributed by atoms with Gasteiger partial charge in [-0.2, -0.15) is 0 Å². The summed E-state index contributed by atoms with van der Waals surface area (Å²) in [5.74, 6) is -0.610. The molecule has 0 spiro atoms. The Hall–Kier alpha value is -2.90. The van der Waals surface area contributed by atoms with Gasteiger partial charge in [-0.25, -0.2) is 4.79 Å². The molecular weight excluding hydrogens is 415 g/mol. The minimum atomic E-state index is -2.76. The van der Waals surface area contributed by atoms with Gasteiger partial charge < -0.3 is 4.74 Å². The fourth-order valence-electron chi connectivity index (χ4n) is 4.08. The van der Waals surface area contributed by atoms with Gasteiger partial charge in [0.25, 0.3) is 0 Å². The van der Waals surface area contributed by atoms with Crippen LogP contribution in [0.2, 0.25) is 0 Å². The maximum absolute atomic E-state index is 13.8. The topological polar surface area (TPSA) is 43.4 Å². The Morgan fingerprint density at radius 2 is 1.12 bits per heavy atom. The van der Waals surface area contributed by atoms with Gasteiger partial charge in [0.2, 0.25) is 0 Å². The molecule has 0 aliphatic carbocycles. The predicted molar refractivity (Wildman–Crippen MR) is 136 cm³/mol. The number of carbonyl (C=O) groups excluding carboxylic acids is 2. The normalized spacial score (nSPS) is 11.1. The van der Waals surface area contributed by atoms with E-state index in [9.17, 15) is 9.59 Å². The van der Waals surface area contributed by atoms with Crippen molar-refractivity contribution in [3.8, 4) is 0 Å². The highest BCUT2D eigenvalue weighted by molar-refractivity contribution is 7.97. The van der Waals surface area contributed by atoms with Crippen LogP contribution in [0.3, 0.4) is 0 Å². The van der Waals surface area contributed by atoms with Gasteiger partial charge in [-0.3, -0.25) is 4.79 Å². The molecule has 0 aromatic heterocycles. The van der Waals surface area contributed by atoms with Crippen LogP contribution in [0.5, 0.6) is 0 Å². The molecule has 0 heterocycles. The van der Waals surface area contributed by atoms with Crippen molar-refractivity contribution in [2.75, 3.05) is 6.61 Å². The van der Waals surface area contributed by atoms with Gasteiger partial charge in [0, 0.05) is 6.42 Å². The molecule has 0 aliphatic rings. The van der Waals surface area contributed by atoms with E-state index in [0.29, 0.717) is 11.7 Å². The van der Waals surface area contributed by atoms with E-state index in [1.165, 1.54) is 0 Å². The maximum Gasteiger partial charge on any atom is 0.342 e. The van der Waals surface area contributed by atoms with Crippen molar-refractivity contribution < 1.29 is 14.3 Å².